The molecule has 1 atom stereocenters. The maximum Gasteiger partial charge on any atom is 0.410 e. The molecule has 1 heterocycles. The molecule has 0 aromatic heterocycles. The smallest absolute Gasteiger partial charge is 0.410 e. The number of hydrogen-bond acceptors (Lipinski definition) is 3. The van der Waals surface area contributed by atoms with Crippen molar-refractivity contribution in [2.45, 2.75) is 25.0 Å². The van der Waals surface area contributed by atoms with Gasteiger partial charge in [0.1, 0.15) is 6.10 Å². The van der Waals surface area contributed by atoms with Crippen molar-refractivity contribution in [3.05, 3.63) is 33.8 Å². The first-order chi connectivity index (χ1) is 10.0. The van der Waals surface area contributed by atoms with E-state index in [0.717, 1.165) is 12.8 Å². The quantitative estimate of drug-likeness (QED) is 0.924. The number of halogens is 2. The topological polar surface area (TPSA) is 58.6 Å². The van der Waals surface area contributed by atoms with Crippen molar-refractivity contribution in [2.24, 2.45) is 0 Å². The predicted octanol–water partition coefficient (Wildman–Crippen LogP) is 2.71. The minimum atomic E-state index is -0.312. The Kier molecular flexibility index (Phi) is 3.95. The number of nitrogens with one attached hydrogen (secondary N) is 1. The van der Waals surface area contributed by atoms with Gasteiger partial charge in [0, 0.05) is 11.1 Å². The summed E-state index contributed by atoms with van der Waals surface area (Å²) in [6.45, 7) is 0.797. The van der Waals surface area contributed by atoms with Gasteiger partial charge in [-0.05, 0) is 31.0 Å². The van der Waals surface area contributed by atoms with Crippen LogP contribution in [0.25, 0.3) is 0 Å². The van der Waals surface area contributed by atoms with Crippen LogP contribution in [0.1, 0.15) is 23.2 Å². The molecule has 1 aliphatic heterocycles. The lowest BCUT2D eigenvalue weighted by atomic mass is 10.2. The molecular weight excluding hydrogens is 315 g/mol. The molecule has 112 valence electrons. The van der Waals surface area contributed by atoms with Crippen LogP contribution in [-0.4, -0.2) is 42.1 Å². The first-order valence-electron chi connectivity index (χ1n) is 6.75. The first-order valence-corrected chi connectivity index (χ1v) is 7.50. The second-order valence-corrected chi connectivity index (χ2v) is 6.07. The number of nitrogens with zero attached hydrogens (tertiary/aromatic N) is 1. The number of ether oxygens (including phenoxy) is 1. The molecule has 1 saturated heterocycles. The average Bonchev–Trinajstić information content (AvgIpc) is 3.20. The Labute approximate surface area is 132 Å². The summed E-state index contributed by atoms with van der Waals surface area (Å²) in [6.07, 6.45) is 1.47. The fraction of sp³-hybridized carbons (Fsp3) is 0.429. The molecule has 2 aliphatic rings. The summed E-state index contributed by atoms with van der Waals surface area (Å²) in [7, 11) is 0. The van der Waals surface area contributed by atoms with Crippen molar-refractivity contribution in [2.75, 3.05) is 13.1 Å². The maximum absolute atomic E-state index is 12.1. The molecule has 2 fully saturated rings. The van der Waals surface area contributed by atoms with Gasteiger partial charge in [-0.3, -0.25) is 4.79 Å². The van der Waals surface area contributed by atoms with E-state index < -0.39 is 0 Å². The third-order valence-electron chi connectivity index (χ3n) is 3.56. The largest absolute Gasteiger partial charge is 0.442 e. The van der Waals surface area contributed by atoms with Gasteiger partial charge in [-0.15, -0.1) is 0 Å². The lowest BCUT2D eigenvalue weighted by molar-refractivity contribution is 0.0914. The van der Waals surface area contributed by atoms with Gasteiger partial charge in [0.15, 0.2) is 0 Å². The first kappa shape index (κ1) is 14.5. The van der Waals surface area contributed by atoms with Crippen molar-refractivity contribution < 1.29 is 14.3 Å². The molecule has 2 amide bonds. The van der Waals surface area contributed by atoms with Crippen molar-refractivity contribution in [1.29, 1.82) is 0 Å². The van der Waals surface area contributed by atoms with Gasteiger partial charge in [0.25, 0.3) is 5.91 Å². The van der Waals surface area contributed by atoms with Gasteiger partial charge in [-0.1, -0.05) is 23.2 Å². The van der Waals surface area contributed by atoms with Crippen LogP contribution in [0.15, 0.2) is 18.2 Å². The molecule has 3 rings (SSSR count). The van der Waals surface area contributed by atoms with Crippen LogP contribution in [-0.2, 0) is 4.74 Å². The van der Waals surface area contributed by atoms with Gasteiger partial charge < -0.3 is 15.0 Å². The number of rotatable bonds is 4. The van der Waals surface area contributed by atoms with E-state index in [1.165, 1.54) is 6.07 Å². The number of benzene rings is 1. The van der Waals surface area contributed by atoms with Crippen LogP contribution in [0.2, 0.25) is 10.0 Å². The van der Waals surface area contributed by atoms with Gasteiger partial charge in [0.05, 0.1) is 23.7 Å². The highest BCUT2D eigenvalue weighted by Crippen LogP contribution is 2.30. The van der Waals surface area contributed by atoms with Crippen LogP contribution >= 0.6 is 23.2 Å². The molecule has 1 saturated carbocycles. The number of hydrogen-bond donors (Lipinski definition) is 1. The Bertz CT molecular complexity index is 590. The standard InChI is InChI=1S/C14H14Cl2N2O3/c15-8-1-4-11(12(16)5-8)13(19)17-6-10-7-18(9-2-3-9)14(20)21-10/h1,4-5,9-10H,2-3,6-7H2,(H,17,19). The van der Waals surface area contributed by atoms with Crippen LogP contribution < -0.4 is 5.32 Å². The summed E-state index contributed by atoms with van der Waals surface area (Å²) in [4.78, 5) is 25.4. The van der Waals surface area contributed by atoms with E-state index in [4.69, 9.17) is 27.9 Å². The van der Waals surface area contributed by atoms with Crippen molar-refractivity contribution in [3.63, 3.8) is 0 Å². The van der Waals surface area contributed by atoms with Gasteiger partial charge >= 0.3 is 6.09 Å². The van der Waals surface area contributed by atoms with E-state index in [2.05, 4.69) is 5.32 Å². The van der Waals surface area contributed by atoms with Crippen LogP contribution in [0.5, 0.6) is 0 Å². The summed E-state index contributed by atoms with van der Waals surface area (Å²) in [5, 5.41) is 3.50. The summed E-state index contributed by atoms with van der Waals surface area (Å²) >= 11 is 11.8. The number of carbonyl (C=O) groups excluding carboxylic acids is 2. The minimum absolute atomic E-state index is 0.271. The molecule has 7 heteroatoms. The SMILES string of the molecule is O=C(NCC1CN(C2CC2)C(=O)O1)c1ccc(Cl)cc1Cl. The molecule has 1 aromatic rings. The highest BCUT2D eigenvalue weighted by atomic mass is 35.5. The van der Waals surface area contributed by atoms with Crippen LogP contribution in [0, 0.1) is 0 Å². The molecule has 21 heavy (non-hydrogen) atoms. The Morgan fingerprint density at radius 1 is 1.38 bits per heavy atom. The molecule has 1 unspecified atom stereocenters. The summed E-state index contributed by atoms with van der Waals surface area (Å²) in [6, 6.07) is 5.01. The molecule has 1 aliphatic carbocycles. The zero-order valence-corrected chi connectivity index (χ0v) is 12.7. The lowest BCUT2D eigenvalue weighted by Gasteiger charge is -2.12. The fourth-order valence-corrected chi connectivity index (χ4v) is 2.80. The van der Waals surface area contributed by atoms with Crippen LogP contribution in [0.4, 0.5) is 4.79 Å². The molecule has 0 bridgehead atoms. The predicted molar refractivity (Wildman–Crippen MR) is 78.8 cm³/mol. The molecule has 5 nitrogen and oxygen atoms in total. The Morgan fingerprint density at radius 2 is 2.14 bits per heavy atom. The second kappa shape index (κ2) is 5.73. The lowest BCUT2D eigenvalue weighted by Crippen LogP contribution is -2.35. The molecule has 1 aromatic carbocycles. The number of amides is 2. The Balaban J connectivity index is 1.55. The fourth-order valence-electron chi connectivity index (χ4n) is 2.31. The Morgan fingerprint density at radius 3 is 2.81 bits per heavy atom. The van der Waals surface area contributed by atoms with E-state index >= 15 is 0 Å². The summed E-state index contributed by atoms with van der Waals surface area (Å²) in [5.41, 5.74) is 0.351. The van der Waals surface area contributed by atoms with E-state index in [9.17, 15) is 9.59 Å². The van der Waals surface area contributed by atoms with Gasteiger partial charge in [0.2, 0.25) is 0 Å². The average molecular weight is 329 g/mol. The van der Waals surface area contributed by atoms with Crippen molar-refractivity contribution in [1.82, 2.24) is 10.2 Å². The zero-order chi connectivity index (χ0) is 15.0. The molecule has 0 spiro atoms. The third kappa shape index (κ3) is 3.24. The van der Waals surface area contributed by atoms with Crippen molar-refractivity contribution >= 4 is 35.2 Å². The summed E-state index contributed by atoms with van der Waals surface area (Å²) < 4.78 is 5.23. The third-order valence-corrected chi connectivity index (χ3v) is 4.10. The summed E-state index contributed by atoms with van der Waals surface area (Å²) in [5.74, 6) is -0.308. The van der Waals surface area contributed by atoms with E-state index in [-0.39, 0.29) is 24.6 Å². The molecule has 1 N–H and O–H groups in total. The number of carbonyl (C=O) groups is 2. The van der Waals surface area contributed by atoms with Crippen LogP contribution in [0.3, 0.4) is 0 Å². The van der Waals surface area contributed by atoms with E-state index in [0.29, 0.717) is 28.2 Å². The highest BCUT2D eigenvalue weighted by molar-refractivity contribution is 6.36. The van der Waals surface area contributed by atoms with E-state index in [1.54, 1.807) is 17.0 Å². The second-order valence-electron chi connectivity index (χ2n) is 5.22. The minimum Gasteiger partial charge on any atom is -0.442 e. The normalized spacial score (nSPS) is 21.3. The number of cyclic esters (lactones) is 1. The molecular formula is C14H14Cl2N2O3. The maximum atomic E-state index is 12.1. The van der Waals surface area contributed by atoms with Crippen molar-refractivity contribution in [3.8, 4) is 0 Å². The monoisotopic (exact) mass is 328 g/mol. The highest BCUT2D eigenvalue weighted by Gasteiger charge is 2.40. The van der Waals surface area contributed by atoms with Gasteiger partial charge in [-0.25, -0.2) is 4.79 Å². The zero-order valence-electron chi connectivity index (χ0n) is 11.1. The molecule has 0 radical (unpaired) electrons. The van der Waals surface area contributed by atoms with E-state index in [1.807, 2.05) is 0 Å². The Hall–Kier alpha value is -1.46. The van der Waals surface area contributed by atoms with Gasteiger partial charge in [-0.2, -0.15) is 0 Å².